The highest BCUT2D eigenvalue weighted by Gasteiger charge is 2.13. The zero-order valence-electron chi connectivity index (χ0n) is 13.4. The Balaban J connectivity index is 1.62. The van der Waals surface area contributed by atoms with Crippen LogP contribution in [-0.2, 0) is 11.3 Å². The average Bonchev–Trinajstić information content (AvgIpc) is 3.23. The number of carbonyl (C=O) groups is 1. The fourth-order valence-corrected chi connectivity index (χ4v) is 2.93. The van der Waals surface area contributed by atoms with Gasteiger partial charge in [-0.3, -0.25) is 0 Å². The average molecular weight is 343 g/mol. The van der Waals surface area contributed by atoms with Gasteiger partial charge < -0.3 is 13.9 Å². The van der Waals surface area contributed by atoms with Gasteiger partial charge in [-0.1, -0.05) is 0 Å². The van der Waals surface area contributed by atoms with Crippen LogP contribution in [0.15, 0.2) is 46.2 Å². The van der Waals surface area contributed by atoms with Crippen LogP contribution in [0, 0.1) is 6.92 Å². The number of aryl methyl sites for hydroxylation is 1. The van der Waals surface area contributed by atoms with E-state index < -0.39 is 5.97 Å². The summed E-state index contributed by atoms with van der Waals surface area (Å²) in [5, 5.41) is 2.75. The molecule has 0 unspecified atom stereocenters. The van der Waals surface area contributed by atoms with Crippen molar-refractivity contribution in [2.45, 2.75) is 20.5 Å². The van der Waals surface area contributed by atoms with Gasteiger partial charge in [0, 0.05) is 10.9 Å². The molecule has 3 rings (SSSR count). The number of hydrogen-bond acceptors (Lipinski definition) is 6. The third kappa shape index (κ3) is 3.83. The van der Waals surface area contributed by atoms with Crippen LogP contribution >= 0.6 is 11.3 Å². The van der Waals surface area contributed by atoms with E-state index in [0.717, 1.165) is 16.3 Å². The number of thiazole rings is 1. The molecule has 124 valence electrons. The lowest BCUT2D eigenvalue weighted by molar-refractivity contribution is 0.0430. The van der Waals surface area contributed by atoms with Gasteiger partial charge in [0.2, 0.25) is 5.76 Å². The maximum atomic E-state index is 11.9. The molecule has 5 nitrogen and oxygen atoms in total. The SMILES string of the molecule is CCOc1ccc(-c2nc(COC(=O)c3ccc(C)o3)cs2)cc1. The van der Waals surface area contributed by atoms with Crippen molar-refractivity contribution in [3.8, 4) is 16.3 Å². The van der Waals surface area contributed by atoms with Crippen LogP contribution < -0.4 is 4.74 Å². The first-order chi connectivity index (χ1) is 11.7. The molecule has 0 saturated heterocycles. The van der Waals surface area contributed by atoms with Crippen LogP contribution in [0.1, 0.15) is 28.9 Å². The number of aromatic nitrogens is 1. The summed E-state index contributed by atoms with van der Waals surface area (Å²) in [5.41, 5.74) is 1.71. The molecule has 1 aromatic carbocycles. The van der Waals surface area contributed by atoms with Crippen LogP contribution in [0.2, 0.25) is 0 Å². The van der Waals surface area contributed by atoms with Gasteiger partial charge in [-0.25, -0.2) is 9.78 Å². The lowest BCUT2D eigenvalue weighted by atomic mass is 10.2. The third-order valence-corrected chi connectivity index (χ3v) is 4.20. The lowest BCUT2D eigenvalue weighted by Gasteiger charge is -2.03. The fourth-order valence-electron chi connectivity index (χ4n) is 2.12. The first kappa shape index (κ1) is 16.3. The molecule has 0 aliphatic heterocycles. The zero-order valence-corrected chi connectivity index (χ0v) is 14.3. The molecule has 0 N–H and O–H groups in total. The second-order valence-corrected chi connectivity index (χ2v) is 5.95. The number of hydrogen-bond donors (Lipinski definition) is 0. The first-order valence-electron chi connectivity index (χ1n) is 7.57. The molecule has 0 bridgehead atoms. The van der Waals surface area contributed by atoms with E-state index in [4.69, 9.17) is 13.9 Å². The van der Waals surface area contributed by atoms with Crippen LogP contribution in [0.5, 0.6) is 5.75 Å². The molecule has 0 radical (unpaired) electrons. The Morgan fingerprint density at radius 3 is 2.67 bits per heavy atom. The Bertz CT molecular complexity index is 820. The summed E-state index contributed by atoms with van der Waals surface area (Å²) in [6.07, 6.45) is 0. The summed E-state index contributed by atoms with van der Waals surface area (Å²) in [7, 11) is 0. The van der Waals surface area contributed by atoms with Crippen molar-refractivity contribution in [1.82, 2.24) is 4.98 Å². The molecule has 2 heterocycles. The van der Waals surface area contributed by atoms with Crippen molar-refractivity contribution < 1.29 is 18.7 Å². The largest absolute Gasteiger partial charge is 0.494 e. The van der Waals surface area contributed by atoms with Crippen molar-refractivity contribution in [2.24, 2.45) is 0 Å². The van der Waals surface area contributed by atoms with E-state index in [1.54, 1.807) is 19.1 Å². The number of carbonyl (C=O) groups excluding carboxylic acids is 1. The molecular formula is C18H17NO4S. The fraction of sp³-hybridized carbons (Fsp3) is 0.222. The molecular weight excluding hydrogens is 326 g/mol. The van der Waals surface area contributed by atoms with Crippen molar-refractivity contribution in [1.29, 1.82) is 0 Å². The van der Waals surface area contributed by atoms with Crippen LogP contribution in [-0.4, -0.2) is 17.6 Å². The Kier molecular flexibility index (Phi) is 4.96. The molecule has 0 aliphatic rings. The molecule has 0 amide bonds. The molecule has 0 aliphatic carbocycles. The van der Waals surface area contributed by atoms with Crippen LogP contribution in [0.25, 0.3) is 10.6 Å². The van der Waals surface area contributed by atoms with Crippen molar-refractivity contribution in [3.63, 3.8) is 0 Å². The van der Waals surface area contributed by atoms with E-state index in [9.17, 15) is 4.79 Å². The molecule has 3 aromatic rings. The monoisotopic (exact) mass is 343 g/mol. The van der Waals surface area contributed by atoms with Gasteiger partial charge >= 0.3 is 5.97 Å². The van der Waals surface area contributed by atoms with Gasteiger partial charge in [-0.05, 0) is 50.2 Å². The highest BCUT2D eigenvalue weighted by atomic mass is 32.1. The van der Waals surface area contributed by atoms with Gasteiger partial charge in [0.15, 0.2) is 0 Å². The summed E-state index contributed by atoms with van der Waals surface area (Å²) in [6, 6.07) is 11.1. The summed E-state index contributed by atoms with van der Waals surface area (Å²) in [5.74, 6) is 1.22. The van der Waals surface area contributed by atoms with E-state index in [0.29, 0.717) is 18.1 Å². The number of esters is 1. The minimum absolute atomic E-state index is 0.117. The van der Waals surface area contributed by atoms with E-state index in [2.05, 4.69) is 4.98 Å². The van der Waals surface area contributed by atoms with Gasteiger partial charge in [0.05, 0.1) is 12.3 Å². The Labute approximate surface area is 143 Å². The van der Waals surface area contributed by atoms with E-state index in [1.165, 1.54) is 11.3 Å². The molecule has 0 atom stereocenters. The second-order valence-electron chi connectivity index (χ2n) is 5.09. The molecule has 0 fully saturated rings. The number of furan rings is 1. The highest BCUT2D eigenvalue weighted by Crippen LogP contribution is 2.26. The van der Waals surface area contributed by atoms with Crippen molar-refractivity contribution in [2.75, 3.05) is 6.61 Å². The lowest BCUT2D eigenvalue weighted by Crippen LogP contribution is -2.04. The summed E-state index contributed by atoms with van der Waals surface area (Å²) in [4.78, 5) is 16.3. The van der Waals surface area contributed by atoms with Crippen LogP contribution in [0.4, 0.5) is 0 Å². The maximum absolute atomic E-state index is 11.9. The Hall–Kier alpha value is -2.60. The molecule has 0 spiro atoms. The number of nitrogens with zero attached hydrogens (tertiary/aromatic N) is 1. The summed E-state index contributed by atoms with van der Waals surface area (Å²) >= 11 is 1.51. The van der Waals surface area contributed by atoms with Crippen molar-refractivity contribution >= 4 is 17.3 Å². The van der Waals surface area contributed by atoms with Gasteiger partial charge in [0.1, 0.15) is 23.1 Å². The highest BCUT2D eigenvalue weighted by molar-refractivity contribution is 7.13. The smallest absolute Gasteiger partial charge is 0.374 e. The minimum atomic E-state index is -0.487. The quantitative estimate of drug-likeness (QED) is 0.618. The van der Waals surface area contributed by atoms with Gasteiger partial charge in [0.25, 0.3) is 0 Å². The second kappa shape index (κ2) is 7.31. The van der Waals surface area contributed by atoms with E-state index >= 15 is 0 Å². The number of benzene rings is 1. The standard InChI is InChI=1S/C18H17NO4S/c1-3-21-15-7-5-13(6-8-15)17-19-14(11-24-17)10-22-18(20)16-9-4-12(2)23-16/h4-9,11H,3,10H2,1-2H3. The third-order valence-electron chi connectivity index (χ3n) is 3.26. The normalized spacial score (nSPS) is 10.6. The summed E-state index contributed by atoms with van der Waals surface area (Å²) < 4.78 is 15.9. The molecule has 24 heavy (non-hydrogen) atoms. The topological polar surface area (TPSA) is 61.6 Å². The Morgan fingerprint density at radius 2 is 2.00 bits per heavy atom. The van der Waals surface area contributed by atoms with Gasteiger partial charge in [-0.15, -0.1) is 11.3 Å². The maximum Gasteiger partial charge on any atom is 0.374 e. The van der Waals surface area contributed by atoms with Crippen LogP contribution in [0.3, 0.4) is 0 Å². The predicted molar refractivity (Wildman–Crippen MR) is 91.3 cm³/mol. The zero-order chi connectivity index (χ0) is 16.9. The van der Waals surface area contributed by atoms with E-state index in [1.807, 2.05) is 36.6 Å². The molecule has 6 heteroatoms. The minimum Gasteiger partial charge on any atom is -0.494 e. The molecule has 0 saturated carbocycles. The van der Waals surface area contributed by atoms with Gasteiger partial charge in [-0.2, -0.15) is 0 Å². The predicted octanol–water partition coefficient (Wildman–Crippen LogP) is 4.47. The first-order valence-corrected chi connectivity index (χ1v) is 8.45. The Morgan fingerprint density at radius 1 is 1.21 bits per heavy atom. The summed E-state index contributed by atoms with van der Waals surface area (Å²) in [6.45, 7) is 4.49. The number of ether oxygens (including phenoxy) is 2. The molecule has 2 aromatic heterocycles. The van der Waals surface area contributed by atoms with E-state index in [-0.39, 0.29) is 12.4 Å². The number of rotatable bonds is 6. The van der Waals surface area contributed by atoms with Crippen molar-refractivity contribution in [3.05, 3.63) is 59.0 Å².